The highest BCUT2D eigenvalue weighted by molar-refractivity contribution is 5.89. The molecule has 0 aliphatic rings. The number of amides is 2. The van der Waals surface area contributed by atoms with E-state index in [9.17, 15) is 9.59 Å². The van der Waals surface area contributed by atoms with Crippen LogP contribution in [0.3, 0.4) is 0 Å². The van der Waals surface area contributed by atoms with E-state index in [2.05, 4.69) is 5.32 Å². The van der Waals surface area contributed by atoms with Gasteiger partial charge in [0.25, 0.3) is 0 Å². The molecule has 6 nitrogen and oxygen atoms in total. The molecule has 0 heterocycles. The summed E-state index contributed by atoms with van der Waals surface area (Å²) in [5.74, 6) is 0.803. The number of methoxy groups -OCH3 is 2. The van der Waals surface area contributed by atoms with Gasteiger partial charge in [-0.3, -0.25) is 9.59 Å². The molecule has 200 valence electrons. The van der Waals surface area contributed by atoms with Crippen LogP contribution in [-0.4, -0.2) is 37.0 Å². The molecule has 6 heteroatoms. The van der Waals surface area contributed by atoms with Gasteiger partial charge in [-0.2, -0.15) is 0 Å². The fourth-order valence-corrected chi connectivity index (χ4v) is 4.50. The van der Waals surface area contributed by atoms with Gasteiger partial charge in [0.05, 0.1) is 20.6 Å². The van der Waals surface area contributed by atoms with Crippen molar-refractivity contribution < 1.29 is 19.1 Å². The average molecular weight is 523 g/mol. The van der Waals surface area contributed by atoms with Gasteiger partial charge in [0.15, 0.2) is 11.5 Å². The molecule has 4 aromatic rings. The minimum atomic E-state index is -0.705. The van der Waals surface area contributed by atoms with E-state index in [1.165, 1.54) is 0 Å². The van der Waals surface area contributed by atoms with Crippen LogP contribution < -0.4 is 14.8 Å². The molecule has 0 bridgehead atoms. The Hall–Kier alpha value is -4.58. The van der Waals surface area contributed by atoms with Crippen molar-refractivity contribution in [1.29, 1.82) is 0 Å². The molecule has 4 rings (SSSR count). The van der Waals surface area contributed by atoms with Crippen molar-refractivity contribution in [1.82, 2.24) is 10.2 Å². The molecule has 4 aromatic carbocycles. The first kappa shape index (κ1) is 27.5. The van der Waals surface area contributed by atoms with Crippen LogP contribution in [0.5, 0.6) is 11.5 Å². The van der Waals surface area contributed by atoms with E-state index in [0.717, 1.165) is 22.3 Å². The smallest absolute Gasteiger partial charge is 0.243 e. The molecule has 0 unspecified atom stereocenters. The zero-order chi connectivity index (χ0) is 27.5. The van der Waals surface area contributed by atoms with Crippen molar-refractivity contribution in [2.24, 2.45) is 0 Å². The molecule has 0 aliphatic carbocycles. The zero-order valence-electron chi connectivity index (χ0n) is 22.4. The maximum atomic E-state index is 14.0. The summed E-state index contributed by atoms with van der Waals surface area (Å²) in [7, 11) is 3.14. The Morgan fingerprint density at radius 3 is 1.85 bits per heavy atom. The van der Waals surface area contributed by atoms with Gasteiger partial charge < -0.3 is 19.7 Å². The predicted octanol–water partition coefficient (Wildman–Crippen LogP) is 5.20. The molecule has 39 heavy (non-hydrogen) atoms. The third-order valence-electron chi connectivity index (χ3n) is 6.58. The molecule has 0 spiro atoms. The number of benzene rings is 4. The highest BCUT2D eigenvalue weighted by atomic mass is 16.5. The Morgan fingerprint density at radius 1 is 0.692 bits per heavy atom. The second-order valence-electron chi connectivity index (χ2n) is 9.28. The van der Waals surface area contributed by atoms with Gasteiger partial charge in [-0.25, -0.2) is 0 Å². The van der Waals surface area contributed by atoms with E-state index in [1.54, 1.807) is 31.3 Å². The van der Waals surface area contributed by atoms with Gasteiger partial charge in [0.1, 0.15) is 6.04 Å². The first-order valence-corrected chi connectivity index (χ1v) is 13.0. The fourth-order valence-electron chi connectivity index (χ4n) is 4.50. The van der Waals surface area contributed by atoms with Crippen LogP contribution in [-0.2, 0) is 35.5 Å². The second kappa shape index (κ2) is 13.8. The maximum absolute atomic E-state index is 14.0. The SMILES string of the molecule is COc1ccc(CC(=O)N(Cc2ccccc2)[C@H](Cc2ccccc2)C(=O)NCc2ccccc2)cc1OC. The summed E-state index contributed by atoms with van der Waals surface area (Å²) in [6.45, 7) is 0.692. The Morgan fingerprint density at radius 2 is 1.26 bits per heavy atom. The molecular weight excluding hydrogens is 488 g/mol. The fraction of sp³-hybridized carbons (Fsp3) is 0.212. The number of hydrogen-bond acceptors (Lipinski definition) is 4. The number of nitrogens with zero attached hydrogens (tertiary/aromatic N) is 1. The molecule has 1 N–H and O–H groups in total. The molecule has 0 saturated heterocycles. The quantitative estimate of drug-likeness (QED) is 0.278. The number of carbonyl (C=O) groups excluding carboxylic acids is 2. The lowest BCUT2D eigenvalue weighted by molar-refractivity contribution is -0.140. The van der Waals surface area contributed by atoms with Crippen LogP contribution in [0.25, 0.3) is 0 Å². The van der Waals surface area contributed by atoms with E-state index < -0.39 is 6.04 Å². The van der Waals surface area contributed by atoms with Gasteiger partial charge in [-0.1, -0.05) is 97.1 Å². The number of rotatable bonds is 12. The monoisotopic (exact) mass is 522 g/mol. The number of nitrogens with one attached hydrogen (secondary N) is 1. The lowest BCUT2D eigenvalue weighted by Crippen LogP contribution is -2.50. The topological polar surface area (TPSA) is 67.9 Å². The molecule has 0 fully saturated rings. The average Bonchev–Trinajstić information content (AvgIpc) is 2.99. The third kappa shape index (κ3) is 7.71. The van der Waals surface area contributed by atoms with Crippen LogP contribution in [0.4, 0.5) is 0 Å². The molecule has 0 aromatic heterocycles. The highest BCUT2D eigenvalue weighted by Gasteiger charge is 2.30. The Labute approximate surface area is 230 Å². The number of hydrogen-bond donors (Lipinski definition) is 1. The molecule has 0 saturated carbocycles. The van der Waals surface area contributed by atoms with Gasteiger partial charge in [0.2, 0.25) is 11.8 Å². The first-order chi connectivity index (χ1) is 19.1. The summed E-state index contributed by atoms with van der Waals surface area (Å²) in [6, 6.07) is 34.1. The summed E-state index contributed by atoms with van der Waals surface area (Å²) in [4.78, 5) is 29.4. The first-order valence-electron chi connectivity index (χ1n) is 13.0. The Balaban J connectivity index is 1.65. The van der Waals surface area contributed by atoms with Crippen LogP contribution in [0, 0.1) is 0 Å². The van der Waals surface area contributed by atoms with E-state index in [4.69, 9.17) is 9.47 Å². The molecular formula is C33H34N2O4. The second-order valence-corrected chi connectivity index (χ2v) is 9.28. The summed E-state index contributed by atoms with van der Waals surface area (Å²) in [6.07, 6.45) is 0.510. The van der Waals surface area contributed by atoms with Crippen LogP contribution >= 0.6 is 0 Å². The van der Waals surface area contributed by atoms with E-state index in [0.29, 0.717) is 31.0 Å². The van der Waals surface area contributed by atoms with Crippen molar-refractivity contribution in [3.05, 3.63) is 131 Å². The van der Waals surface area contributed by atoms with Crippen molar-refractivity contribution in [2.75, 3.05) is 14.2 Å². The van der Waals surface area contributed by atoms with Crippen molar-refractivity contribution in [2.45, 2.75) is 32.0 Å². The molecule has 1 atom stereocenters. The van der Waals surface area contributed by atoms with Gasteiger partial charge in [0, 0.05) is 19.5 Å². The van der Waals surface area contributed by atoms with Crippen LogP contribution in [0.15, 0.2) is 109 Å². The largest absolute Gasteiger partial charge is 0.493 e. The lowest BCUT2D eigenvalue weighted by Gasteiger charge is -2.32. The zero-order valence-corrected chi connectivity index (χ0v) is 22.4. The number of ether oxygens (including phenoxy) is 2. The van der Waals surface area contributed by atoms with Crippen LogP contribution in [0.1, 0.15) is 22.3 Å². The van der Waals surface area contributed by atoms with Crippen LogP contribution in [0.2, 0.25) is 0 Å². The number of carbonyl (C=O) groups is 2. The van der Waals surface area contributed by atoms with Gasteiger partial charge >= 0.3 is 0 Å². The maximum Gasteiger partial charge on any atom is 0.243 e. The standard InChI is InChI=1S/C33H34N2O4/c1-38-30-19-18-28(21-31(30)39-2)22-32(36)35(24-27-16-10-5-11-17-27)29(20-25-12-6-3-7-13-25)33(37)34-23-26-14-8-4-9-15-26/h3-19,21,29H,20,22-24H2,1-2H3,(H,34,37)/t29-/m1/s1. The summed E-state index contributed by atoms with van der Waals surface area (Å²) < 4.78 is 10.8. The summed E-state index contributed by atoms with van der Waals surface area (Å²) in [5.41, 5.74) is 3.70. The minimum Gasteiger partial charge on any atom is -0.493 e. The molecule has 0 radical (unpaired) electrons. The van der Waals surface area contributed by atoms with Crippen molar-refractivity contribution in [3.63, 3.8) is 0 Å². The predicted molar refractivity (Wildman–Crippen MR) is 152 cm³/mol. The highest BCUT2D eigenvalue weighted by Crippen LogP contribution is 2.28. The van der Waals surface area contributed by atoms with E-state index >= 15 is 0 Å². The van der Waals surface area contributed by atoms with Crippen molar-refractivity contribution >= 4 is 11.8 Å². The molecule has 2 amide bonds. The lowest BCUT2D eigenvalue weighted by atomic mass is 10.0. The molecule has 0 aliphatic heterocycles. The Bertz CT molecular complexity index is 1340. The van der Waals surface area contributed by atoms with Gasteiger partial charge in [-0.15, -0.1) is 0 Å². The minimum absolute atomic E-state index is 0.116. The van der Waals surface area contributed by atoms with E-state index in [1.807, 2.05) is 97.1 Å². The summed E-state index contributed by atoms with van der Waals surface area (Å²) >= 11 is 0. The third-order valence-corrected chi connectivity index (χ3v) is 6.58. The normalized spacial score (nSPS) is 11.3. The summed E-state index contributed by atoms with van der Waals surface area (Å²) in [5, 5.41) is 3.07. The van der Waals surface area contributed by atoms with Gasteiger partial charge in [-0.05, 0) is 34.4 Å². The Kier molecular flexibility index (Phi) is 9.73. The van der Waals surface area contributed by atoms with Crippen molar-refractivity contribution in [3.8, 4) is 11.5 Å². The van der Waals surface area contributed by atoms with E-state index in [-0.39, 0.29) is 18.2 Å².